The van der Waals surface area contributed by atoms with Crippen LogP contribution in [0.4, 0.5) is 0 Å². The highest BCUT2D eigenvalue weighted by molar-refractivity contribution is 6.14. The van der Waals surface area contributed by atoms with Crippen molar-refractivity contribution in [3.63, 3.8) is 0 Å². The lowest BCUT2D eigenvalue weighted by Crippen LogP contribution is -2.47. The van der Waals surface area contributed by atoms with Crippen LogP contribution in [0.15, 0.2) is 30.3 Å². The van der Waals surface area contributed by atoms with Gasteiger partial charge in [0.05, 0.1) is 0 Å². The molecular weight excluding hydrogens is 254 g/mol. The Labute approximate surface area is 119 Å². The lowest BCUT2D eigenvalue weighted by Gasteiger charge is -2.31. The van der Waals surface area contributed by atoms with Crippen LogP contribution < -0.4 is 0 Å². The quantitative estimate of drug-likeness (QED) is 0.673. The predicted octanol–water partition coefficient (Wildman–Crippen LogP) is 1.88. The number of nitrogens with zero attached hydrogens (tertiary/aromatic N) is 1. The molecule has 1 aliphatic heterocycles. The van der Waals surface area contributed by atoms with Crippen molar-refractivity contribution in [3.05, 3.63) is 35.9 Å². The molecule has 20 heavy (non-hydrogen) atoms. The van der Waals surface area contributed by atoms with Gasteiger partial charge in [-0.3, -0.25) is 14.5 Å². The van der Waals surface area contributed by atoms with Gasteiger partial charge in [0.15, 0.2) is 17.3 Å². The van der Waals surface area contributed by atoms with Crippen molar-refractivity contribution in [2.75, 3.05) is 6.54 Å². The first-order chi connectivity index (χ1) is 9.41. The first-order valence-electron chi connectivity index (χ1n) is 7.04. The molecule has 108 valence electrons. The molecule has 4 nitrogen and oxygen atoms in total. The van der Waals surface area contributed by atoms with Crippen LogP contribution in [0.3, 0.4) is 0 Å². The third-order valence-electron chi connectivity index (χ3n) is 4.09. The minimum absolute atomic E-state index is 0.207. The molecule has 0 spiro atoms. The predicted molar refractivity (Wildman–Crippen MR) is 76.4 cm³/mol. The van der Waals surface area contributed by atoms with Crippen LogP contribution in [0.1, 0.15) is 37.6 Å². The number of hydrogen-bond donors (Lipinski definition) is 1. The minimum atomic E-state index is -1.55. The van der Waals surface area contributed by atoms with Gasteiger partial charge in [-0.1, -0.05) is 37.3 Å². The zero-order valence-corrected chi connectivity index (χ0v) is 12.2. The van der Waals surface area contributed by atoms with Gasteiger partial charge in [0, 0.05) is 18.2 Å². The van der Waals surface area contributed by atoms with Crippen LogP contribution in [-0.2, 0) is 4.79 Å². The van der Waals surface area contributed by atoms with E-state index < -0.39 is 17.4 Å². The Balaban J connectivity index is 2.33. The molecule has 1 saturated heterocycles. The third-order valence-corrected chi connectivity index (χ3v) is 4.09. The second-order valence-corrected chi connectivity index (χ2v) is 5.53. The summed E-state index contributed by atoms with van der Waals surface area (Å²) in [4.78, 5) is 26.7. The minimum Gasteiger partial charge on any atom is -0.369 e. The summed E-state index contributed by atoms with van der Waals surface area (Å²) >= 11 is 0. The molecule has 1 fully saturated rings. The molecule has 1 aromatic carbocycles. The standard InChI is InChI=1S/C16H21NO3/c1-4-10-17-11(2)13(15(19)16(17,3)20)14(18)12-8-6-5-7-9-12/h5-9,11,13,20H,4,10H2,1-3H3. The van der Waals surface area contributed by atoms with E-state index in [2.05, 4.69) is 0 Å². The van der Waals surface area contributed by atoms with Gasteiger partial charge in [-0.25, -0.2) is 0 Å². The van der Waals surface area contributed by atoms with E-state index in [1.165, 1.54) is 6.92 Å². The number of Topliss-reactive ketones (excluding diaryl/α,β-unsaturated/α-hetero) is 2. The maximum absolute atomic E-state index is 12.5. The normalized spacial score (nSPS) is 30.7. The Kier molecular flexibility index (Phi) is 4.06. The maximum Gasteiger partial charge on any atom is 0.191 e. The molecule has 0 radical (unpaired) electrons. The molecule has 3 atom stereocenters. The molecule has 0 bridgehead atoms. The number of aliphatic hydroxyl groups is 1. The monoisotopic (exact) mass is 275 g/mol. The van der Waals surface area contributed by atoms with Gasteiger partial charge in [0.1, 0.15) is 5.92 Å². The first-order valence-corrected chi connectivity index (χ1v) is 7.04. The van der Waals surface area contributed by atoms with Crippen LogP contribution in [0, 0.1) is 5.92 Å². The number of carbonyl (C=O) groups excluding carboxylic acids is 2. The second-order valence-electron chi connectivity index (χ2n) is 5.53. The Hall–Kier alpha value is -1.52. The Bertz CT molecular complexity index is 510. The van der Waals surface area contributed by atoms with Crippen molar-refractivity contribution >= 4 is 11.6 Å². The van der Waals surface area contributed by atoms with Crippen LogP contribution in [0.25, 0.3) is 0 Å². The van der Waals surface area contributed by atoms with E-state index in [4.69, 9.17) is 0 Å². The Morgan fingerprint density at radius 1 is 1.35 bits per heavy atom. The number of carbonyl (C=O) groups is 2. The maximum atomic E-state index is 12.5. The topological polar surface area (TPSA) is 57.6 Å². The van der Waals surface area contributed by atoms with Gasteiger partial charge in [0.25, 0.3) is 0 Å². The lowest BCUT2D eigenvalue weighted by atomic mass is 9.89. The van der Waals surface area contributed by atoms with Gasteiger partial charge in [0.2, 0.25) is 0 Å². The zero-order valence-electron chi connectivity index (χ0n) is 12.2. The number of rotatable bonds is 4. The highest BCUT2D eigenvalue weighted by Gasteiger charge is 2.55. The zero-order chi connectivity index (χ0) is 14.9. The molecule has 3 unspecified atom stereocenters. The van der Waals surface area contributed by atoms with Crippen molar-refractivity contribution in [1.82, 2.24) is 4.90 Å². The first kappa shape index (κ1) is 14.9. The number of benzene rings is 1. The fourth-order valence-corrected chi connectivity index (χ4v) is 3.01. The van der Waals surface area contributed by atoms with Crippen molar-refractivity contribution in [2.45, 2.75) is 39.0 Å². The summed E-state index contributed by atoms with van der Waals surface area (Å²) in [6.07, 6.45) is 0.819. The van der Waals surface area contributed by atoms with Gasteiger partial charge in [-0.15, -0.1) is 0 Å². The molecule has 4 heteroatoms. The fraction of sp³-hybridized carbons (Fsp3) is 0.500. The number of likely N-dealkylation sites (tertiary alicyclic amines) is 1. The van der Waals surface area contributed by atoms with Crippen LogP contribution in [0.2, 0.25) is 0 Å². The van der Waals surface area contributed by atoms with E-state index in [0.29, 0.717) is 12.1 Å². The Morgan fingerprint density at radius 2 is 1.95 bits per heavy atom. The summed E-state index contributed by atoms with van der Waals surface area (Å²) in [5.74, 6) is -1.40. The van der Waals surface area contributed by atoms with Crippen LogP contribution in [0.5, 0.6) is 0 Å². The van der Waals surface area contributed by atoms with E-state index >= 15 is 0 Å². The van der Waals surface area contributed by atoms with Gasteiger partial charge >= 0.3 is 0 Å². The SMILES string of the molecule is CCCN1C(C)C(C(=O)c2ccccc2)C(=O)C1(C)O. The average Bonchev–Trinajstić information content (AvgIpc) is 2.60. The van der Waals surface area contributed by atoms with E-state index in [1.54, 1.807) is 29.2 Å². The summed E-state index contributed by atoms with van der Waals surface area (Å²) in [5.41, 5.74) is -1.03. The molecule has 0 aromatic heterocycles. The van der Waals surface area contributed by atoms with Crippen molar-refractivity contribution in [1.29, 1.82) is 0 Å². The summed E-state index contributed by atoms with van der Waals surface area (Å²) < 4.78 is 0. The molecule has 0 aliphatic carbocycles. The van der Waals surface area contributed by atoms with Crippen LogP contribution in [-0.4, -0.2) is 39.9 Å². The van der Waals surface area contributed by atoms with E-state index in [-0.39, 0.29) is 11.8 Å². The number of hydrogen-bond acceptors (Lipinski definition) is 4. The van der Waals surface area contributed by atoms with Crippen molar-refractivity contribution in [3.8, 4) is 0 Å². The molecular formula is C16H21NO3. The lowest BCUT2D eigenvalue weighted by molar-refractivity contribution is -0.146. The summed E-state index contributed by atoms with van der Waals surface area (Å²) in [7, 11) is 0. The van der Waals surface area contributed by atoms with E-state index in [9.17, 15) is 14.7 Å². The highest BCUT2D eigenvalue weighted by atomic mass is 16.3. The third kappa shape index (κ3) is 2.30. The van der Waals surface area contributed by atoms with Crippen molar-refractivity contribution in [2.24, 2.45) is 5.92 Å². The van der Waals surface area contributed by atoms with Gasteiger partial charge in [-0.05, 0) is 20.3 Å². The summed E-state index contributed by atoms with van der Waals surface area (Å²) in [6.45, 7) is 5.90. The molecule has 0 saturated carbocycles. The second kappa shape index (κ2) is 5.46. The molecule has 1 heterocycles. The highest BCUT2D eigenvalue weighted by Crippen LogP contribution is 2.35. The van der Waals surface area contributed by atoms with Gasteiger partial charge < -0.3 is 5.11 Å². The summed E-state index contributed by atoms with van der Waals surface area (Å²) in [6, 6.07) is 8.51. The molecule has 1 N–H and O–H groups in total. The molecule has 1 aromatic rings. The number of ketones is 2. The molecule has 1 aliphatic rings. The molecule has 2 rings (SSSR count). The smallest absolute Gasteiger partial charge is 0.191 e. The van der Waals surface area contributed by atoms with Crippen molar-refractivity contribution < 1.29 is 14.7 Å². The fourth-order valence-electron chi connectivity index (χ4n) is 3.01. The Morgan fingerprint density at radius 3 is 2.50 bits per heavy atom. The van der Waals surface area contributed by atoms with E-state index in [0.717, 1.165) is 6.42 Å². The molecule has 0 amide bonds. The average molecular weight is 275 g/mol. The van der Waals surface area contributed by atoms with Gasteiger partial charge in [-0.2, -0.15) is 0 Å². The summed E-state index contributed by atoms with van der Waals surface area (Å²) in [5, 5.41) is 10.4. The van der Waals surface area contributed by atoms with E-state index in [1.807, 2.05) is 19.9 Å². The largest absolute Gasteiger partial charge is 0.369 e. The van der Waals surface area contributed by atoms with Crippen LogP contribution >= 0.6 is 0 Å².